The molecule has 80 valence electrons. The zero-order chi connectivity index (χ0) is 11.1. The minimum atomic E-state index is 0.916. The van der Waals surface area contributed by atoms with Gasteiger partial charge in [-0.25, -0.2) is 9.97 Å². The van der Waals surface area contributed by atoms with E-state index < -0.39 is 0 Å². The zero-order valence-corrected chi connectivity index (χ0v) is 9.25. The molecule has 0 unspecified atom stereocenters. The molecule has 4 heteroatoms. The lowest BCUT2D eigenvalue weighted by molar-refractivity contribution is 0.189. The Morgan fingerprint density at radius 3 is 1.69 bits per heavy atom. The fourth-order valence-corrected chi connectivity index (χ4v) is 1.75. The summed E-state index contributed by atoms with van der Waals surface area (Å²) in [5.41, 5.74) is 1.87. The Morgan fingerprint density at radius 2 is 1.25 bits per heavy atom. The van der Waals surface area contributed by atoms with Crippen LogP contribution in [-0.2, 0) is 0 Å². The van der Waals surface area contributed by atoms with Crippen molar-refractivity contribution in [3.63, 3.8) is 0 Å². The topological polar surface area (TPSA) is 32.3 Å². The SMILES string of the molecule is CN1C=c2nc3ccccc3nc2=CN1C. The number of aromatic nitrogens is 2. The Hall–Kier alpha value is -2.10. The monoisotopic (exact) mass is 212 g/mol. The molecule has 1 aliphatic heterocycles. The molecule has 3 rings (SSSR count). The highest BCUT2D eigenvalue weighted by molar-refractivity contribution is 5.73. The highest BCUT2D eigenvalue weighted by Gasteiger charge is 2.05. The van der Waals surface area contributed by atoms with Gasteiger partial charge in [0.05, 0.1) is 11.0 Å². The third-order valence-corrected chi connectivity index (χ3v) is 2.74. The highest BCUT2D eigenvalue weighted by Crippen LogP contribution is 2.03. The van der Waals surface area contributed by atoms with Gasteiger partial charge in [0.1, 0.15) is 10.7 Å². The summed E-state index contributed by atoms with van der Waals surface area (Å²) in [4.78, 5) is 9.17. The fraction of sp³-hybridized carbons (Fsp3) is 0.167. The van der Waals surface area contributed by atoms with E-state index in [4.69, 9.17) is 0 Å². The molecule has 16 heavy (non-hydrogen) atoms. The van der Waals surface area contributed by atoms with E-state index in [1.54, 1.807) is 0 Å². The normalized spacial score (nSPS) is 14.4. The fourth-order valence-electron chi connectivity index (χ4n) is 1.75. The van der Waals surface area contributed by atoms with Crippen molar-refractivity contribution in [3.05, 3.63) is 35.0 Å². The summed E-state index contributed by atoms with van der Waals surface area (Å²) in [6.07, 6.45) is 3.96. The van der Waals surface area contributed by atoms with Crippen molar-refractivity contribution in [2.45, 2.75) is 0 Å². The summed E-state index contributed by atoms with van der Waals surface area (Å²) in [6, 6.07) is 7.92. The number of hydrogen-bond donors (Lipinski definition) is 0. The average Bonchev–Trinajstić information content (AvgIpc) is 2.28. The van der Waals surface area contributed by atoms with E-state index in [1.807, 2.05) is 60.8 Å². The first-order valence-electron chi connectivity index (χ1n) is 5.16. The summed E-state index contributed by atoms with van der Waals surface area (Å²) < 4.78 is 0. The Balaban J connectivity index is 2.41. The van der Waals surface area contributed by atoms with E-state index in [0.29, 0.717) is 0 Å². The van der Waals surface area contributed by atoms with Gasteiger partial charge < -0.3 is 0 Å². The van der Waals surface area contributed by atoms with E-state index in [9.17, 15) is 0 Å². The number of benzene rings is 1. The first-order valence-corrected chi connectivity index (χ1v) is 5.16. The molecule has 2 heterocycles. The van der Waals surface area contributed by atoms with Gasteiger partial charge in [0, 0.05) is 26.5 Å². The standard InChI is InChI=1S/C12H12N4/c1-15-7-11-12(8-16(15)2)14-10-6-4-3-5-9(10)13-11/h3-8H,1-2H3. The van der Waals surface area contributed by atoms with E-state index in [0.717, 1.165) is 21.7 Å². The number of fused-ring (bicyclic) bond motifs is 2. The van der Waals surface area contributed by atoms with Gasteiger partial charge in [-0.2, -0.15) is 0 Å². The Labute approximate surface area is 93.1 Å². The minimum absolute atomic E-state index is 0.916. The molecule has 0 spiro atoms. The van der Waals surface area contributed by atoms with Gasteiger partial charge in [0.2, 0.25) is 0 Å². The van der Waals surface area contributed by atoms with E-state index in [2.05, 4.69) is 9.97 Å². The molecular formula is C12H12N4. The largest absolute Gasteiger partial charge is 0.294 e. The van der Waals surface area contributed by atoms with Gasteiger partial charge in [-0.15, -0.1) is 0 Å². The molecule has 0 saturated carbocycles. The van der Waals surface area contributed by atoms with Crippen molar-refractivity contribution in [1.29, 1.82) is 0 Å². The van der Waals surface area contributed by atoms with Crippen LogP contribution in [0.15, 0.2) is 24.3 Å². The molecule has 0 fully saturated rings. The van der Waals surface area contributed by atoms with Gasteiger partial charge in [0.15, 0.2) is 0 Å². The van der Waals surface area contributed by atoms with Crippen LogP contribution in [0.3, 0.4) is 0 Å². The van der Waals surface area contributed by atoms with Crippen molar-refractivity contribution < 1.29 is 0 Å². The smallest absolute Gasteiger partial charge is 0.109 e. The zero-order valence-electron chi connectivity index (χ0n) is 9.25. The molecule has 0 radical (unpaired) electrons. The lowest BCUT2D eigenvalue weighted by atomic mass is 10.3. The van der Waals surface area contributed by atoms with Crippen LogP contribution in [0.5, 0.6) is 0 Å². The number of hydrogen-bond acceptors (Lipinski definition) is 4. The maximum Gasteiger partial charge on any atom is 0.109 e. The lowest BCUT2D eigenvalue weighted by Crippen LogP contribution is -2.44. The van der Waals surface area contributed by atoms with Crippen LogP contribution in [0.2, 0.25) is 0 Å². The molecule has 0 saturated heterocycles. The molecule has 4 nitrogen and oxygen atoms in total. The third kappa shape index (κ3) is 1.31. The molecule has 1 aromatic carbocycles. The van der Waals surface area contributed by atoms with E-state index in [-0.39, 0.29) is 0 Å². The lowest BCUT2D eigenvalue weighted by Gasteiger charge is -2.27. The second kappa shape index (κ2) is 3.20. The molecule has 0 bridgehead atoms. The minimum Gasteiger partial charge on any atom is -0.294 e. The number of rotatable bonds is 0. The number of nitrogens with zero attached hydrogens (tertiary/aromatic N) is 4. The molecule has 0 atom stereocenters. The van der Waals surface area contributed by atoms with Crippen LogP contribution in [0.1, 0.15) is 0 Å². The third-order valence-electron chi connectivity index (χ3n) is 2.74. The van der Waals surface area contributed by atoms with Crippen molar-refractivity contribution in [2.24, 2.45) is 0 Å². The first kappa shape index (κ1) is 9.15. The van der Waals surface area contributed by atoms with Crippen molar-refractivity contribution in [1.82, 2.24) is 20.0 Å². The van der Waals surface area contributed by atoms with Crippen LogP contribution >= 0.6 is 0 Å². The quantitative estimate of drug-likeness (QED) is 0.610. The Bertz CT molecular complexity index is 604. The maximum atomic E-state index is 4.58. The number of para-hydroxylation sites is 2. The summed E-state index contributed by atoms with van der Waals surface area (Å²) >= 11 is 0. The second-order valence-electron chi connectivity index (χ2n) is 3.89. The predicted octanol–water partition coefficient (Wildman–Crippen LogP) is -0.102. The van der Waals surface area contributed by atoms with Crippen molar-refractivity contribution in [3.8, 4) is 0 Å². The number of hydrazine groups is 1. The molecule has 0 amide bonds. The summed E-state index contributed by atoms with van der Waals surface area (Å²) in [5, 5.41) is 5.79. The Kier molecular flexibility index (Phi) is 1.83. The summed E-state index contributed by atoms with van der Waals surface area (Å²) in [6.45, 7) is 0. The molecule has 0 N–H and O–H groups in total. The van der Waals surface area contributed by atoms with Gasteiger partial charge in [0.25, 0.3) is 0 Å². The van der Waals surface area contributed by atoms with Crippen molar-refractivity contribution >= 4 is 23.4 Å². The maximum absolute atomic E-state index is 4.58. The van der Waals surface area contributed by atoms with Crippen LogP contribution in [0, 0.1) is 0 Å². The van der Waals surface area contributed by atoms with Gasteiger partial charge in [-0.05, 0) is 12.1 Å². The van der Waals surface area contributed by atoms with Crippen molar-refractivity contribution in [2.75, 3.05) is 14.1 Å². The van der Waals surface area contributed by atoms with Gasteiger partial charge >= 0.3 is 0 Å². The second-order valence-corrected chi connectivity index (χ2v) is 3.89. The predicted molar refractivity (Wildman–Crippen MR) is 63.2 cm³/mol. The molecule has 2 aromatic rings. The Morgan fingerprint density at radius 1 is 0.812 bits per heavy atom. The first-order chi connectivity index (χ1) is 7.74. The average molecular weight is 212 g/mol. The molecule has 1 aromatic heterocycles. The van der Waals surface area contributed by atoms with Crippen LogP contribution in [0.25, 0.3) is 23.4 Å². The summed E-state index contributed by atoms with van der Waals surface area (Å²) in [7, 11) is 3.96. The molecule has 1 aliphatic rings. The molecule has 0 aliphatic carbocycles. The highest BCUT2D eigenvalue weighted by atomic mass is 15.6. The van der Waals surface area contributed by atoms with E-state index in [1.165, 1.54) is 0 Å². The summed E-state index contributed by atoms with van der Waals surface area (Å²) in [5.74, 6) is 0. The van der Waals surface area contributed by atoms with Gasteiger partial charge in [-0.3, -0.25) is 10.0 Å². The van der Waals surface area contributed by atoms with Crippen LogP contribution < -0.4 is 10.7 Å². The molecular weight excluding hydrogens is 200 g/mol. The van der Waals surface area contributed by atoms with Crippen LogP contribution in [0.4, 0.5) is 0 Å². The van der Waals surface area contributed by atoms with Crippen LogP contribution in [-0.4, -0.2) is 34.1 Å². The van der Waals surface area contributed by atoms with E-state index >= 15 is 0 Å². The van der Waals surface area contributed by atoms with Gasteiger partial charge in [-0.1, -0.05) is 12.1 Å².